The fourth-order valence-electron chi connectivity index (χ4n) is 3.60. The number of aliphatic hydroxyl groups excluding tert-OH is 1. The third-order valence-corrected chi connectivity index (χ3v) is 4.92. The van der Waals surface area contributed by atoms with Crippen molar-refractivity contribution in [2.45, 2.75) is 39.0 Å². The number of piperidine rings is 1. The molecule has 3 aromatic rings. The molecule has 0 unspecified atom stereocenters. The Morgan fingerprint density at radius 3 is 3.00 bits per heavy atom. The fraction of sp³-hybridized carbons (Fsp3) is 0.381. The standard InChI is InChI=1S/C21H25N3O2/c1-15-6-7-16-11-17(12-22-13-19-5-3-9-26-19)21(23-20(16)10-15)24-8-2-4-18(25)14-24/h3,5-7,9-11,18,22,25H,2,4,8,12-14H2,1H3/t18-/m1/s1. The Kier molecular flexibility index (Phi) is 4.91. The summed E-state index contributed by atoms with van der Waals surface area (Å²) in [6.45, 7) is 5.06. The molecule has 1 atom stereocenters. The Bertz CT molecular complexity index is 876. The second kappa shape index (κ2) is 7.48. The van der Waals surface area contributed by atoms with Crippen LogP contribution in [0.4, 0.5) is 5.82 Å². The Balaban J connectivity index is 1.63. The number of nitrogens with zero attached hydrogens (tertiary/aromatic N) is 2. The number of nitrogens with one attached hydrogen (secondary N) is 1. The maximum Gasteiger partial charge on any atom is 0.133 e. The molecular weight excluding hydrogens is 326 g/mol. The molecule has 1 aliphatic heterocycles. The Labute approximate surface area is 153 Å². The van der Waals surface area contributed by atoms with E-state index in [-0.39, 0.29) is 6.10 Å². The number of aromatic nitrogens is 1. The van der Waals surface area contributed by atoms with E-state index >= 15 is 0 Å². The Hall–Kier alpha value is -2.37. The highest BCUT2D eigenvalue weighted by molar-refractivity contribution is 5.82. The smallest absolute Gasteiger partial charge is 0.133 e. The molecule has 0 aliphatic carbocycles. The van der Waals surface area contributed by atoms with Gasteiger partial charge in [-0.05, 0) is 49.6 Å². The monoisotopic (exact) mass is 351 g/mol. The van der Waals surface area contributed by atoms with Crippen LogP contribution in [-0.4, -0.2) is 29.3 Å². The van der Waals surface area contributed by atoms with Crippen molar-refractivity contribution in [1.29, 1.82) is 0 Å². The van der Waals surface area contributed by atoms with Gasteiger partial charge in [0.05, 0.1) is 24.4 Å². The predicted octanol–water partition coefficient (Wildman–Crippen LogP) is 3.39. The number of benzene rings is 1. The van der Waals surface area contributed by atoms with Crippen molar-refractivity contribution in [3.05, 3.63) is 59.5 Å². The lowest BCUT2D eigenvalue weighted by atomic mass is 10.1. The van der Waals surface area contributed by atoms with Crippen LogP contribution in [0.15, 0.2) is 47.1 Å². The number of fused-ring (bicyclic) bond motifs is 1. The van der Waals surface area contributed by atoms with Crippen LogP contribution in [0, 0.1) is 6.92 Å². The second-order valence-corrected chi connectivity index (χ2v) is 7.09. The van der Waals surface area contributed by atoms with E-state index in [1.807, 2.05) is 12.1 Å². The lowest BCUT2D eigenvalue weighted by Gasteiger charge is -2.32. The van der Waals surface area contributed by atoms with Crippen molar-refractivity contribution in [2.75, 3.05) is 18.0 Å². The van der Waals surface area contributed by atoms with Crippen LogP contribution in [0.25, 0.3) is 10.9 Å². The zero-order chi connectivity index (χ0) is 17.9. The highest BCUT2D eigenvalue weighted by atomic mass is 16.3. The number of aryl methyl sites for hydroxylation is 1. The molecule has 3 heterocycles. The van der Waals surface area contributed by atoms with Gasteiger partial charge in [0.1, 0.15) is 11.6 Å². The number of hydrogen-bond acceptors (Lipinski definition) is 5. The fourth-order valence-corrected chi connectivity index (χ4v) is 3.60. The third kappa shape index (κ3) is 3.74. The molecular formula is C21H25N3O2. The second-order valence-electron chi connectivity index (χ2n) is 7.09. The molecule has 0 bridgehead atoms. The molecule has 0 spiro atoms. The van der Waals surface area contributed by atoms with Crippen molar-refractivity contribution in [1.82, 2.24) is 10.3 Å². The van der Waals surface area contributed by atoms with Gasteiger partial charge >= 0.3 is 0 Å². The summed E-state index contributed by atoms with van der Waals surface area (Å²) in [5, 5.41) is 14.7. The molecule has 0 saturated carbocycles. The van der Waals surface area contributed by atoms with Gasteiger partial charge in [0, 0.05) is 30.6 Å². The number of pyridine rings is 1. The SMILES string of the molecule is Cc1ccc2cc(CNCc3ccco3)c(N3CCC[C@@H](O)C3)nc2c1. The van der Waals surface area contributed by atoms with Gasteiger partial charge < -0.3 is 19.7 Å². The molecule has 26 heavy (non-hydrogen) atoms. The van der Waals surface area contributed by atoms with Crippen molar-refractivity contribution < 1.29 is 9.52 Å². The van der Waals surface area contributed by atoms with Crippen LogP contribution in [0.2, 0.25) is 0 Å². The normalized spacial score (nSPS) is 17.8. The molecule has 1 saturated heterocycles. The van der Waals surface area contributed by atoms with Gasteiger partial charge in [-0.2, -0.15) is 0 Å². The first-order valence-corrected chi connectivity index (χ1v) is 9.25. The Morgan fingerprint density at radius 2 is 2.19 bits per heavy atom. The summed E-state index contributed by atoms with van der Waals surface area (Å²) in [4.78, 5) is 7.18. The first-order chi connectivity index (χ1) is 12.7. The number of anilines is 1. The van der Waals surface area contributed by atoms with Crippen LogP contribution >= 0.6 is 0 Å². The zero-order valence-corrected chi connectivity index (χ0v) is 15.1. The van der Waals surface area contributed by atoms with E-state index in [0.717, 1.165) is 47.4 Å². The summed E-state index contributed by atoms with van der Waals surface area (Å²) in [7, 11) is 0. The molecule has 1 fully saturated rings. The van der Waals surface area contributed by atoms with E-state index < -0.39 is 0 Å². The highest BCUT2D eigenvalue weighted by Gasteiger charge is 2.21. The molecule has 4 rings (SSSR count). The number of aliphatic hydroxyl groups is 1. The summed E-state index contributed by atoms with van der Waals surface area (Å²) < 4.78 is 5.39. The lowest BCUT2D eigenvalue weighted by Crippen LogP contribution is -2.39. The molecule has 2 aromatic heterocycles. The number of hydrogen-bond donors (Lipinski definition) is 2. The number of furan rings is 1. The van der Waals surface area contributed by atoms with Crippen LogP contribution in [0.1, 0.15) is 29.7 Å². The van der Waals surface area contributed by atoms with Crippen molar-refractivity contribution in [3.63, 3.8) is 0 Å². The van der Waals surface area contributed by atoms with E-state index in [9.17, 15) is 5.11 Å². The molecule has 0 radical (unpaired) electrons. The predicted molar refractivity (Wildman–Crippen MR) is 103 cm³/mol. The molecule has 1 aromatic carbocycles. The molecule has 2 N–H and O–H groups in total. The van der Waals surface area contributed by atoms with Crippen LogP contribution in [0.3, 0.4) is 0 Å². The van der Waals surface area contributed by atoms with E-state index in [1.165, 1.54) is 5.56 Å². The summed E-state index contributed by atoms with van der Waals surface area (Å²) >= 11 is 0. The largest absolute Gasteiger partial charge is 0.468 e. The van der Waals surface area contributed by atoms with Gasteiger partial charge in [0.25, 0.3) is 0 Å². The van der Waals surface area contributed by atoms with Gasteiger partial charge in [-0.1, -0.05) is 12.1 Å². The lowest BCUT2D eigenvalue weighted by molar-refractivity contribution is 0.154. The molecule has 1 aliphatic rings. The zero-order valence-electron chi connectivity index (χ0n) is 15.1. The first kappa shape index (κ1) is 17.1. The van der Waals surface area contributed by atoms with Gasteiger partial charge in [-0.15, -0.1) is 0 Å². The van der Waals surface area contributed by atoms with Crippen molar-refractivity contribution in [3.8, 4) is 0 Å². The average Bonchev–Trinajstić information content (AvgIpc) is 3.15. The third-order valence-electron chi connectivity index (χ3n) is 4.92. The average molecular weight is 351 g/mol. The maximum absolute atomic E-state index is 10.1. The summed E-state index contributed by atoms with van der Waals surface area (Å²) in [5.41, 5.74) is 3.37. The topological polar surface area (TPSA) is 61.5 Å². The van der Waals surface area contributed by atoms with E-state index in [2.05, 4.69) is 41.4 Å². The molecule has 0 amide bonds. The maximum atomic E-state index is 10.1. The van der Waals surface area contributed by atoms with Gasteiger partial charge in [0.2, 0.25) is 0 Å². The van der Waals surface area contributed by atoms with Crippen molar-refractivity contribution in [2.24, 2.45) is 0 Å². The molecule has 136 valence electrons. The van der Waals surface area contributed by atoms with Gasteiger partial charge in [-0.3, -0.25) is 0 Å². The summed E-state index contributed by atoms with van der Waals surface area (Å²) in [6.07, 6.45) is 3.28. The minimum atomic E-state index is -0.275. The van der Waals surface area contributed by atoms with Crippen molar-refractivity contribution >= 4 is 16.7 Å². The summed E-state index contributed by atoms with van der Waals surface area (Å²) in [6, 6.07) is 12.5. The molecule has 5 nitrogen and oxygen atoms in total. The minimum Gasteiger partial charge on any atom is -0.468 e. The quantitative estimate of drug-likeness (QED) is 0.738. The van der Waals surface area contributed by atoms with Crippen LogP contribution in [0.5, 0.6) is 0 Å². The van der Waals surface area contributed by atoms with E-state index in [1.54, 1.807) is 6.26 Å². The number of rotatable bonds is 5. The van der Waals surface area contributed by atoms with E-state index in [4.69, 9.17) is 9.40 Å². The Morgan fingerprint density at radius 1 is 1.27 bits per heavy atom. The highest BCUT2D eigenvalue weighted by Crippen LogP contribution is 2.27. The van der Waals surface area contributed by atoms with Crippen LogP contribution < -0.4 is 10.2 Å². The molecule has 5 heteroatoms. The number of β-amino-alcohol motifs (C(OH)–C–C–N with tert-alkyl or cyclic N) is 1. The van der Waals surface area contributed by atoms with Gasteiger partial charge in [-0.25, -0.2) is 4.98 Å². The summed E-state index contributed by atoms with van der Waals surface area (Å²) in [5.74, 6) is 1.90. The van der Waals surface area contributed by atoms with Crippen LogP contribution in [-0.2, 0) is 13.1 Å². The first-order valence-electron chi connectivity index (χ1n) is 9.25. The van der Waals surface area contributed by atoms with E-state index in [0.29, 0.717) is 19.6 Å². The minimum absolute atomic E-state index is 0.275. The van der Waals surface area contributed by atoms with Gasteiger partial charge in [0.15, 0.2) is 0 Å².